The maximum absolute atomic E-state index is 2.12. The Kier molecular flexibility index (Phi) is 29.6. The van der Waals surface area contributed by atoms with Crippen LogP contribution in [0.3, 0.4) is 0 Å². The summed E-state index contributed by atoms with van der Waals surface area (Å²) in [6.45, 7) is 4.25. The smallest absolute Gasteiger partial charge is 1.00 e. The van der Waals surface area contributed by atoms with E-state index in [4.69, 9.17) is 0 Å². The van der Waals surface area contributed by atoms with Crippen LogP contribution in [-0.2, 0) is 0 Å². The predicted molar refractivity (Wildman–Crippen MR) is 56.1 cm³/mol. The van der Waals surface area contributed by atoms with Gasteiger partial charge in [-0.3, -0.25) is 0 Å². The van der Waals surface area contributed by atoms with E-state index in [0.29, 0.717) is 0 Å². The molecule has 0 aromatic heterocycles. The fraction of sp³-hybridized carbons (Fsp3) is 1.00. The van der Waals surface area contributed by atoms with Crippen LogP contribution >= 0.6 is 0 Å². The Morgan fingerprint density at radius 1 is 0.750 bits per heavy atom. The molecule has 0 saturated heterocycles. The average Bonchev–Trinajstić information content (AvgIpc) is 2.17. The molecule has 1 aliphatic rings. The molecule has 1 aliphatic carbocycles. The van der Waals surface area contributed by atoms with Crippen molar-refractivity contribution in [3.8, 4) is 0 Å². The summed E-state index contributed by atoms with van der Waals surface area (Å²) in [6.07, 6.45) is 11.8. The van der Waals surface area contributed by atoms with Gasteiger partial charge in [-0.25, -0.2) is 0 Å². The van der Waals surface area contributed by atoms with E-state index >= 15 is 0 Å². The molecule has 0 heterocycles. The minimum atomic E-state index is 0. The number of hydrogen-bond donors (Lipinski definition) is 0. The van der Waals surface area contributed by atoms with E-state index in [1.165, 1.54) is 51.4 Å². The van der Waals surface area contributed by atoms with Gasteiger partial charge in [-0.1, -0.05) is 72.6 Å². The van der Waals surface area contributed by atoms with Crippen molar-refractivity contribution in [2.75, 3.05) is 0 Å². The molecule has 0 amide bonds. The molecule has 0 aromatic rings. The van der Waals surface area contributed by atoms with Crippen LogP contribution in [0.4, 0.5) is 0 Å². The van der Waals surface area contributed by atoms with Crippen molar-refractivity contribution in [2.45, 2.75) is 72.6 Å². The summed E-state index contributed by atoms with van der Waals surface area (Å²) in [4.78, 5) is 0. The van der Waals surface area contributed by atoms with Gasteiger partial charge in [0, 0.05) is 0 Å². The largest absolute Gasteiger partial charge is 1.00 e. The first-order chi connectivity index (χ1) is 4.91. The molecular formula is C11H27K. The zero-order valence-corrected chi connectivity index (χ0v) is 11.8. The third-order valence-electron chi connectivity index (χ3n) is 1.75. The number of rotatable bonds is 0. The molecule has 0 bridgehead atoms. The van der Waals surface area contributed by atoms with Gasteiger partial charge in [-0.05, 0) is 0 Å². The molecule has 0 nitrogen and oxygen atoms in total. The van der Waals surface area contributed by atoms with Crippen LogP contribution in [0.2, 0.25) is 0 Å². The second-order valence-electron chi connectivity index (χ2n) is 3.18. The van der Waals surface area contributed by atoms with E-state index in [1.54, 1.807) is 0 Å². The topological polar surface area (TPSA) is 0 Å². The van der Waals surface area contributed by atoms with Gasteiger partial charge in [0.15, 0.2) is 0 Å². The molecule has 1 saturated carbocycles. The molecule has 0 unspecified atom stereocenters. The van der Waals surface area contributed by atoms with Gasteiger partial charge in [-0.15, -0.1) is 0 Å². The molecular weight excluding hydrogens is 171 g/mol. The van der Waals surface area contributed by atoms with Crippen LogP contribution < -0.4 is 51.4 Å². The summed E-state index contributed by atoms with van der Waals surface area (Å²) in [6, 6.07) is 0. The van der Waals surface area contributed by atoms with Crippen molar-refractivity contribution in [2.24, 2.45) is 0 Å². The molecule has 1 fully saturated rings. The monoisotopic (exact) mass is 198 g/mol. The summed E-state index contributed by atoms with van der Waals surface area (Å²) in [5, 5.41) is 0. The van der Waals surface area contributed by atoms with Crippen LogP contribution in [0.5, 0.6) is 0 Å². The first-order valence-electron chi connectivity index (χ1n) is 4.91. The fourth-order valence-electron chi connectivity index (χ4n) is 1.24. The van der Waals surface area contributed by atoms with Gasteiger partial charge in [-0.2, -0.15) is 0 Å². The SMILES string of the molecule is C.C1CCCCCC1.CCC.[H-].[K+]. The van der Waals surface area contributed by atoms with Gasteiger partial charge in [0.2, 0.25) is 0 Å². The van der Waals surface area contributed by atoms with Gasteiger partial charge in [0.1, 0.15) is 0 Å². The minimum absolute atomic E-state index is 0. The standard InChI is InChI=1S/C7H14.C3H8.CH4.K.H/c1-2-4-6-7-5-3-1;1-3-2;;;/h1-7H2;3H2,1-2H3;1H4;;/q;;;+1;-1. The van der Waals surface area contributed by atoms with Crippen LogP contribution in [0.25, 0.3) is 0 Å². The van der Waals surface area contributed by atoms with Gasteiger partial charge in [0.25, 0.3) is 0 Å². The van der Waals surface area contributed by atoms with E-state index in [2.05, 4.69) is 13.8 Å². The number of hydrogen-bond acceptors (Lipinski definition) is 0. The molecule has 1 rings (SSSR count). The molecule has 12 heavy (non-hydrogen) atoms. The zero-order chi connectivity index (χ0) is 7.66. The summed E-state index contributed by atoms with van der Waals surface area (Å²) in [7, 11) is 0. The molecule has 0 spiro atoms. The van der Waals surface area contributed by atoms with Crippen molar-refractivity contribution in [1.82, 2.24) is 0 Å². The average molecular weight is 198 g/mol. The second kappa shape index (κ2) is 18.4. The van der Waals surface area contributed by atoms with Crippen molar-refractivity contribution < 1.29 is 52.8 Å². The Morgan fingerprint density at radius 3 is 0.917 bits per heavy atom. The molecule has 0 atom stereocenters. The molecule has 0 radical (unpaired) electrons. The second-order valence-corrected chi connectivity index (χ2v) is 3.18. The maximum atomic E-state index is 2.12. The molecule has 0 N–H and O–H groups in total. The third-order valence-corrected chi connectivity index (χ3v) is 1.75. The van der Waals surface area contributed by atoms with Crippen LogP contribution in [0, 0.1) is 0 Å². The van der Waals surface area contributed by atoms with Crippen molar-refractivity contribution in [3.05, 3.63) is 0 Å². The molecule has 72 valence electrons. The van der Waals surface area contributed by atoms with E-state index in [9.17, 15) is 0 Å². The van der Waals surface area contributed by atoms with Crippen molar-refractivity contribution in [1.29, 1.82) is 0 Å². The predicted octanol–water partition coefficient (Wildman–Crippen LogP) is 1.90. The van der Waals surface area contributed by atoms with Gasteiger partial charge >= 0.3 is 51.4 Å². The van der Waals surface area contributed by atoms with Gasteiger partial charge in [0.05, 0.1) is 0 Å². The first-order valence-corrected chi connectivity index (χ1v) is 4.91. The fourth-order valence-corrected chi connectivity index (χ4v) is 1.24. The molecule has 0 aliphatic heterocycles. The Hall–Kier alpha value is 1.64. The third kappa shape index (κ3) is 17.6. The van der Waals surface area contributed by atoms with E-state index in [0.717, 1.165) is 0 Å². The Balaban J connectivity index is -0.0000000615. The first kappa shape index (κ1) is 19.2. The van der Waals surface area contributed by atoms with Gasteiger partial charge < -0.3 is 1.43 Å². The van der Waals surface area contributed by atoms with E-state index in [-0.39, 0.29) is 60.2 Å². The normalized spacial score (nSPS) is 15.5. The van der Waals surface area contributed by atoms with Crippen LogP contribution in [-0.4, -0.2) is 0 Å². The Labute approximate surface area is 124 Å². The minimum Gasteiger partial charge on any atom is -1.00 e. The Morgan fingerprint density at radius 2 is 0.833 bits per heavy atom. The summed E-state index contributed by atoms with van der Waals surface area (Å²) in [5.74, 6) is 0. The van der Waals surface area contributed by atoms with Crippen molar-refractivity contribution in [3.63, 3.8) is 0 Å². The summed E-state index contributed by atoms with van der Waals surface area (Å²) in [5.41, 5.74) is 0. The van der Waals surface area contributed by atoms with Crippen LogP contribution in [0.15, 0.2) is 0 Å². The zero-order valence-electron chi connectivity index (χ0n) is 9.66. The molecule has 1 heteroatoms. The quantitative estimate of drug-likeness (QED) is 0.412. The van der Waals surface area contributed by atoms with Crippen molar-refractivity contribution >= 4 is 0 Å². The van der Waals surface area contributed by atoms with Crippen LogP contribution in [0.1, 0.15) is 74.1 Å². The summed E-state index contributed by atoms with van der Waals surface area (Å²) < 4.78 is 0. The Bertz CT molecular complexity index is 38.4. The molecule has 0 aromatic carbocycles. The summed E-state index contributed by atoms with van der Waals surface area (Å²) >= 11 is 0. The maximum Gasteiger partial charge on any atom is 1.00 e. The van der Waals surface area contributed by atoms with E-state index < -0.39 is 0 Å². The van der Waals surface area contributed by atoms with E-state index in [1.807, 2.05) is 0 Å².